The maximum atomic E-state index is 2.61. The third kappa shape index (κ3) is 39.9. The first kappa shape index (κ1) is 61.9. The number of likely N-dealkylation sites (tertiary alicyclic amines) is 2. The summed E-state index contributed by atoms with van der Waals surface area (Å²) in [7, 11) is 0. The fourth-order valence-corrected chi connectivity index (χ4v) is 11.1. The van der Waals surface area contributed by atoms with Crippen LogP contribution in [-0.4, -0.2) is 49.1 Å². The highest BCUT2D eigenvalue weighted by Gasteiger charge is 2.17. The Hall–Kier alpha value is -0.0800. The Kier molecular flexibility index (Phi) is 40.5. The lowest BCUT2D eigenvalue weighted by Gasteiger charge is -2.26. The molecule has 2 heteroatoms. The molecule has 384 valence electrons. The first-order valence-corrected chi connectivity index (χ1v) is 30.2. The van der Waals surface area contributed by atoms with Crippen molar-refractivity contribution in [3.8, 4) is 0 Å². The molecule has 0 amide bonds. The molecule has 0 aromatic heterocycles. The summed E-state index contributed by atoms with van der Waals surface area (Å²) in [6.07, 6.45) is 50.4. The van der Waals surface area contributed by atoms with Gasteiger partial charge in [0, 0.05) is 0 Å². The van der Waals surface area contributed by atoms with Crippen LogP contribution in [0.2, 0.25) is 0 Å². The van der Waals surface area contributed by atoms with Crippen molar-refractivity contribution in [3.05, 3.63) is 0 Å². The second-order valence-corrected chi connectivity index (χ2v) is 25.4. The quantitative estimate of drug-likeness (QED) is 0.135. The van der Waals surface area contributed by atoms with Crippen molar-refractivity contribution in [1.29, 1.82) is 0 Å². The summed E-state index contributed by atoms with van der Waals surface area (Å²) in [6.45, 7) is 36.0. The van der Waals surface area contributed by atoms with Crippen LogP contribution in [0.5, 0.6) is 0 Å². The Morgan fingerprint density at radius 2 is 0.438 bits per heavy atom. The standard InChI is InChI=1S/3C11H22.C10H21N.C10H20.C9H19N/c3*1-10(2)8-9-11-6-4-3-5-7-11;1-10(2)6-9-11-7-4-3-5-8-11;1-9(2)7-8-10-5-3-4-6-10;1-9(2)5-8-10-6-3-4-7-10/h3*10-11H,3-9H2,1-2H3;10H,3-9H2,1-2H3;9-10H,3-8H2,1-2H3;9H,3-8H2,1-2H3. The van der Waals surface area contributed by atoms with E-state index in [0.29, 0.717) is 0 Å². The first-order valence-electron chi connectivity index (χ1n) is 30.2. The molecule has 0 aromatic carbocycles. The van der Waals surface area contributed by atoms with Gasteiger partial charge in [0.25, 0.3) is 0 Å². The number of rotatable bonds is 18. The van der Waals surface area contributed by atoms with Gasteiger partial charge in [-0.1, -0.05) is 263 Å². The first-order chi connectivity index (χ1) is 30.7. The average molecular weight is 900 g/mol. The van der Waals surface area contributed by atoms with Crippen molar-refractivity contribution >= 4 is 0 Å². The molecule has 0 spiro atoms. The van der Waals surface area contributed by atoms with Crippen LogP contribution in [0.1, 0.15) is 301 Å². The minimum absolute atomic E-state index is 0.872. The van der Waals surface area contributed by atoms with E-state index >= 15 is 0 Å². The highest BCUT2D eigenvalue weighted by Crippen LogP contribution is 2.31. The third-order valence-electron chi connectivity index (χ3n) is 16.0. The van der Waals surface area contributed by atoms with Gasteiger partial charge in [-0.25, -0.2) is 0 Å². The molecular weight excluding hydrogens is 773 g/mol. The Bertz CT molecular complexity index is 787. The smallest absolute Gasteiger partial charge is 0.00163 e. The van der Waals surface area contributed by atoms with E-state index in [4.69, 9.17) is 0 Å². The van der Waals surface area contributed by atoms with E-state index in [1.165, 1.54) is 258 Å². The monoisotopic (exact) mass is 899 g/mol. The zero-order valence-corrected chi connectivity index (χ0v) is 47.0. The van der Waals surface area contributed by atoms with Gasteiger partial charge in [-0.05, 0) is 137 Å². The van der Waals surface area contributed by atoms with E-state index in [1.54, 1.807) is 0 Å². The Labute approximate surface area is 408 Å². The second kappa shape index (κ2) is 41.9. The summed E-state index contributed by atoms with van der Waals surface area (Å²) in [4.78, 5) is 5.20. The van der Waals surface area contributed by atoms with E-state index in [0.717, 1.165) is 59.2 Å². The Morgan fingerprint density at radius 1 is 0.250 bits per heavy atom. The van der Waals surface area contributed by atoms with E-state index in [-0.39, 0.29) is 0 Å². The van der Waals surface area contributed by atoms with Crippen molar-refractivity contribution < 1.29 is 0 Å². The van der Waals surface area contributed by atoms with Gasteiger partial charge < -0.3 is 9.80 Å². The summed E-state index contributed by atoms with van der Waals surface area (Å²) >= 11 is 0. The zero-order valence-electron chi connectivity index (χ0n) is 47.0. The van der Waals surface area contributed by atoms with Crippen molar-refractivity contribution in [2.24, 2.45) is 59.2 Å². The van der Waals surface area contributed by atoms with Crippen LogP contribution in [0.25, 0.3) is 0 Å². The lowest BCUT2D eigenvalue weighted by atomic mass is 9.85. The van der Waals surface area contributed by atoms with Gasteiger partial charge in [0.2, 0.25) is 0 Å². The van der Waals surface area contributed by atoms with Gasteiger partial charge in [0.05, 0.1) is 0 Å². The lowest BCUT2D eigenvalue weighted by Crippen LogP contribution is -2.31. The minimum Gasteiger partial charge on any atom is -0.303 e. The predicted octanol–water partition coefficient (Wildman–Crippen LogP) is 20.3. The largest absolute Gasteiger partial charge is 0.303 e. The molecule has 4 aliphatic carbocycles. The fraction of sp³-hybridized carbons (Fsp3) is 1.00. The fourth-order valence-electron chi connectivity index (χ4n) is 11.1. The van der Waals surface area contributed by atoms with Crippen LogP contribution >= 0.6 is 0 Å². The van der Waals surface area contributed by atoms with Crippen LogP contribution in [0.4, 0.5) is 0 Å². The average Bonchev–Trinajstić information content (AvgIpc) is 4.03. The van der Waals surface area contributed by atoms with Crippen LogP contribution in [0.15, 0.2) is 0 Å². The van der Waals surface area contributed by atoms with E-state index < -0.39 is 0 Å². The molecule has 0 aromatic rings. The van der Waals surface area contributed by atoms with Crippen LogP contribution in [-0.2, 0) is 0 Å². The SMILES string of the molecule is CC(C)CCC1CCCC1.CC(C)CCC1CCCCC1.CC(C)CCC1CCCCC1.CC(C)CCC1CCCCC1.CC(C)CCN1CCCC1.CC(C)CCN1CCCCC1. The highest BCUT2D eigenvalue weighted by molar-refractivity contribution is 4.70. The summed E-state index contributed by atoms with van der Waals surface area (Å²) < 4.78 is 0. The maximum absolute atomic E-state index is 2.61. The molecule has 2 heterocycles. The van der Waals surface area contributed by atoms with Gasteiger partial charge in [-0.15, -0.1) is 0 Å². The zero-order chi connectivity index (χ0) is 47.2. The van der Waals surface area contributed by atoms with Crippen LogP contribution in [0, 0.1) is 59.2 Å². The normalized spacial score (nSPS) is 20.9. The topological polar surface area (TPSA) is 6.48 Å². The summed E-state index contributed by atoms with van der Waals surface area (Å²) in [5.41, 5.74) is 0. The van der Waals surface area contributed by atoms with E-state index in [1.807, 2.05) is 0 Å². The van der Waals surface area contributed by atoms with Crippen molar-refractivity contribution in [1.82, 2.24) is 9.80 Å². The highest BCUT2D eigenvalue weighted by atomic mass is 15.1. The van der Waals surface area contributed by atoms with Gasteiger partial charge in [-0.3, -0.25) is 0 Å². The minimum atomic E-state index is 0.872. The molecule has 0 radical (unpaired) electrons. The van der Waals surface area contributed by atoms with Gasteiger partial charge in [-0.2, -0.15) is 0 Å². The van der Waals surface area contributed by atoms with Crippen LogP contribution in [0.3, 0.4) is 0 Å². The summed E-state index contributed by atoms with van der Waals surface area (Å²) in [5, 5.41) is 0. The number of hydrogen-bond acceptors (Lipinski definition) is 2. The molecule has 64 heavy (non-hydrogen) atoms. The number of nitrogens with zero attached hydrogens (tertiary/aromatic N) is 2. The molecule has 0 unspecified atom stereocenters. The predicted molar refractivity (Wildman–Crippen MR) is 293 cm³/mol. The lowest BCUT2D eigenvalue weighted by molar-refractivity contribution is 0.217. The second-order valence-electron chi connectivity index (χ2n) is 25.4. The summed E-state index contributed by atoms with van der Waals surface area (Å²) in [5.74, 6) is 9.77. The molecule has 2 saturated heterocycles. The third-order valence-corrected chi connectivity index (χ3v) is 16.0. The van der Waals surface area contributed by atoms with Crippen LogP contribution < -0.4 is 0 Å². The van der Waals surface area contributed by atoms with E-state index in [9.17, 15) is 0 Å². The molecule has 6 rings (SSSR count). The molecule has 6 fully saturated rings. The molecule has 0 bridgehead atoms. The van der Waals surface area contributed by atoms with Gasteiger partial charge >= 0.3 is 0 Å². The van der Waals surface area contributed by atoms with Crippen molar-refractivity contribution in [2.75, 3.05) is 39.3 Å². The van der Waals surface area contributed by atoms with Crippen molar-refractivity contribution in [3.63, 3.8) is 0 Å². The Morgan fingerprint density at radius 3 is 0.656 bits per heavy atom. The molecule has 2 aliphatic heterocycles. The van der Waals surface area contributed by atoms with Gasteiger partial charge in [0.15, 0.2) is 0 Å². The van der Waals surface area contributed by atoms with Gasteiger partial charge in [0.1, 0.15) is 0 Å². The number of piperidine rings is 1. The molecule has 4 saturated carbocycles. The summed E-state index contributed by atoms with van der Waals surface area (Å²) in [6, 6.07) is 0. The molecular formula is C62H126N2. The maximum Gasteiger partial charge on any atom is -0.00163 e. The van der Waals surface area contributed by atoms with E-state index in [2.05, 4.69) is 92.9 Å². The molecule has 0 N–H and O–H groups in total. The molecule has 0 atom stereocenters. The Balaban J connectivity index is 0.000000384. The molecule has 6 aliphatic rings. The molecule has 2 nitrogen and oxygen atoms in total. The van der Waals surface area contributed by atoms with Crippen molar-refractivity contribution in [2.45, 2.75) is 301 Å². The number of hydrogen-bond donors (Lipinski definition) is 0.